The number of aryl methyl sites for hydroxylation is 1. The SMILES string of the molecule is Cc1cccc(-c2cnc3c4[c-]cccc4c4ccccc4c3n2)c1.O=Cc1ccccc1O.[Ir]. The second-order valence-corrected chi connectivity index (χ2v) is 8.00. The monoisotopic (exact) mass is 634 g/mol. The number of hydrogen-bond acceptors (Lipinski definition) is 4. The standard InChI is InChI=1S/C23H15N2.C7H6O2.Ir/c1-15-7-6-8-16(13-15)21-14-24-22-19-11-4-2-9-17(19)18-10-3-5-12-20(18)23(22)25-21;8-5-6-3-1-2-4-7(6)9;/h2-10,12-14H,1H3;1-5,9H;/q-1;;. The summed E-state index contributed by atoms with van der Waals surface area (Å²) in [5.74, 6) is 0.0347. The average molecular weight is 634 g/mol. The second kappa shape index (κ2) is 10.6. The molecule has 1 radical (unpaired) electrons. The van der Waals surface area contributed by atoms with Crippen molar-refractivity contribution in [2.24, 2.45) is 0 Å². The molecule has 0 saturated carbocycles. The van der Waals surface area contributed by atoms with Crippen LogP contribution >= 0.6 is 0 Å². The molecule has 0 aliphatic rings. The van der Waals surface area contributed by atoms with Crippen molar-refractivity contribution in [3.63, 3.8) is 0 Å². The molecule has 35 heavy (non-hydrogen) atoms. The van der Waals surface area contributed by atoms with Gasteiger partial charge in [0.15, 0.2) is 6.29 Å². The molecule has 0 saturated heterocycles. The molecule has 0 aliphatic carbocycles. The van der Waals surface area contributed by atoms with Crippen LogP contribution in [0.3, 0.4) is 0 Å². The Morgan fingerprint density at radius 2 is 1.57 bits per heavy atom. The molecular weight excluding hydrogens is 613 g/mol. The zero-order valence-corrected chi connectivity index (χ0v) is 21.3. The number of nitrogens with zero attached hydrogens (tertiary/aromatic N) is 2. The van der Waals surface area contributed by atoms with Crippen LogP contribution in [0.2, 0.25) is 0 Å². The van der Waals surface area contributed by atoms with E-state index in [0.29, 0.717) is 11.8 Å². The summed E-state index contributed by atoms with van der Waals surface area (Å²) >= 11 is 0. The summed E-state index contributed by atoms with van der Waals surface area (Å²) < 4.78 is 0. The Kier molecular flexibility index (Phi) is 7.30. The third-order valence-electron chi connectivity index (χ3n) is 5.72. The van der Waals surface area contributed by atoms with E-state index in [-0.39, 0.29) is 25.9 Å². The van der Waals surface area contributed by atoms with E-state index in [1.807, 2.05) is 18.3 Å². The maximum absolute atomic E-state index is 10.1. The molecule has 6 aromatic rings. The van der Waals surface area contributed by atoms with Crippen LogP contribution in [-0.2, 0) is 20.1 Å². The first kappa shape index (κ1) is 24.2. The minimum atomic E-state index is 0. The fraction of sp³-hybridized carbons (Fsp3) is 0.0333. The Balaban J connectivity index is 0.000000247. The molecule has 0 spiro atoms. The van der Waals surface area contributed by atoms with Crippen molar-refractivity contribution in [1.29, 1.82) is 0 Å². The van der Waals surface area contributed by atoms with Crippen LogP contribution < -0.4 is 0 Å². The molecule has 0 unspecified atom stereocenters. The van der Waals surface area contributed by atoms with E-state index < -0.39 is 0 Å². The molecule has 0 fully saturated rings. The van der Waals surface area contributed by atoms with Gasteiger partial charge in [-0.1, -0.05) is 70.9 Å². The normalized spacial score (nSPS) is 10.4. The van der Waals surface area contributed by atoms with Crippen LogP contribution in [0.25, 0.3) is 43.8 Å². The first-order valence-corrected chi connectivity index (χ1v) is 10.9. The predicted octanol–water partition coefficient (Wildman–Crippen LogP) is 6.91. The molecule has 5 heteroatoms. The number of phenols is 1. The van der Waals surface area contributed by atoms with E-state index in [9.17, 15) is 4.79 Å². The first-order valence-electron chi connectivity index (χ1n) is 10.9. The van der Waals surface area contributed by atoms with Gasteiger partial charge in [0.2, 0.25) is 0 Å². The van der Waals surface area contributed by atoms with Crippen molar-refractivity contribution in [3.8, 4) is 17.0 Å². The maximum atomic E-state index is 10.1. The fourth-order valence-electron chi connectivity index (χ4n) is 4.07. The van der Waals surface area contributed by atoms with E-state index in [4.69, 9.17) is 15.1 Å². The molecule has 0 aliphatic heterocycles. The minimum Gasteiger partial charge on any atom is -0.507 e. The van der Waals surface area contributed by atoms with E-state index >= 15 is 0 Å². The number of phenolic OH excluding ortho intramolecular Hbond substituents is 1. The summed E-state index contributed by atoms with van der Waals surface area (Å²) in [6, 6.07) is 32.6. The van der Waals surface area contributed by atoms with Gasteiger partial charge in [-0.2, -0.15) is 0 Å². The Bertz CT molecular complexity index is 1630. The van der Waals surface area contributed by atoms with Crippen LogP contribution in [0.15, 0.2) is 97.2 Å². The number of fused-ring (bicyclic) bond motifs is 6. The van der Waals surface area contributed by atoms with Gasteiger partial charge in [-0.3, -0.25) is 9.78 Å². The molecule has 5 aromatic carbocycles. The smallest absolute Gasteiger partial charge is 0.153 e. The Labute approximate surface area is 216 Å². The van der Waals surface area contributed by atoms with E-state index in [1.165, 1.54) is 22.4 Å². The second-order valence-electron chi connectivity index (χ2n) is 8.00. The van der Waals surface area contributed by atoms with Crippen molar-refractivity contribution in [2.75, 3.05) is 0 Å². The van der Waals surface area contributed by atoms with Crippen LogP contribution in [0.5, 0.6) is 5.75 Å². The molecule has 1 N–H and O–H groups in total. The van der Waals surface area contributed by atoms with E-state index in [1.54, 1.807) is 18.2 Å². The molecule has 0 amide bonds. The number of carbonyl (C=O) groups is 1. The van der Waals surface area contributed by atoms with Crippen LogP contribution in [0.4, 0.5) is 0 Å². The van der Waals surface area contributed by atoms with Gasteiger partial charge in [-0.05, 0) is 30.5 Å². The topological polar surface area (TPSA) is 63.1 Å². The van der Waals surface area contributed by atoms with Gasteiger partial charge < -0.3 is 10.1 Å². The quantitative estimate of drug-likeness (QED) is 0.128. The van der Waals surface area contributed by atoms with Crippen LogP contribution in [0.1, 0.15) is 15.9 Å². The fourth-order valence-corrected chi connectivity index (χ4v) is 4.07. The number of aromatic nitrogens is 2. The number of aldehydes is 1. The summed E-state index contributed by atoms with van der Waals surface area (Å²) in [6.07, 6.45) is 2.49. The Morgan fingerprint density at radius 1 is 0.829 bits per heavy atom. The van der Waals surface area contributed by atoms with Gasteiger partial charge in [-0.15, -0.1) is 29.7 Å². The minimum absolute atomic E-state index is 0. The van der Waals surface area contributed by atoms with E-state index in [0.717, 1.165) is 33.1 Å². The summed E-state index contributed by atoms with van der Waals surface area (Å²) in [5.41, 5.74) is 5.39. The summed E-state index contributed by atoms with van der Waals surface area (Å²) in [5, 5.41) is 13.4. The molecule has 4 nitrogen and oxygen atoms in total. The molecule has 173 valence electrons. The molecule has 0 atom stereocenters. The molecule has 6 rings (SSSR count). The van der Waals surface area contributed by atoms with Crippen molar-refractivity contribution in [2.45, 2.75) is 6.92 Å². The largest absolute Gasteiger partial charge is 0.507 e. The average Bonchev–Trinajstić information content (AvgIpc) is 2.89. The maximum Gasteiger partial charge on any atom is 0.153 e. The molecular formula is C30H21IrN2O2-. The van der Waals surface area contributed by atoms with Crippen molar-refractivity contribution < 1.29 is 30.0 Å². The van der Waals surface area contributed by atoms with Gasteiger partial charge in [0, 0.05) is 37.4 Å². The molecule has 1 aromatic heterocycles. The van der Waals surface area contributed by atoms with Crippen molar-refractivity contribution in [1.82, 2.24) is 9.97 Å². The number of rotatable bonds is 2. The summed E-state index contributed by atoms with van der Waals surface area (Å²) in [7, 11) is 0. The zero-order chi connectivity index (χ0) is 23.5. The number of hydrogen-bond donors (Lipinski definition) is 1. The van der Waals surface area contributed by atoms with Gasteiger partial charge >= 0.3 is 0 Å². The zero-order valence-electron chi connectivity index (χ0n) is 18.9. The Morgan fingerprint density at radius 3 is 2.31 bits per heavy atom. The molecule has 0 bridgehead atoms. The van der Waals surface area contributed by atoms with Crippen molar-refractivity contribution in [3.05, 3.63) is 114 Å². The first-order chi connectivity index (χ1) is 16.7. The third kappa shape index (κ3) is 4.83. The van der Waals surface area contributed by atoms with Crippen LogP contribution in [0, 0.1) is 13.0 Å². The van der Waals surface area contributed by atoms with Gasteiger partial charge in [0.05, 0.1) is 16.8 Å². The van der Waals surface area contributed by atoms with Gasteiger partial charge in [0.25, 0.3) is 0 Å². The van der Waals surface area contributed by atoms with Gasteiger partial charge in [0.1, 0.15) is 5.75 Å². The van der Waals surface area contributed by atoms with Gasteiger partial charge in [-0.25, -0.2) is 0 Å². The van der Waals surface area contributed by atoms with Crippen LogP contribution in [-0.4, -0.2) is 21.4 Å². The number of para-hydroxylation sites is 1. The summed E-state index contributed by atoms with van der Waals surface area (Å²) in [6.45, 7) is 2.09. The number of carbonyl (C=O) groups excluding carboxylic acids is 1. The predicted molar refractivity (Wildman–Crippen MR) is 137 cm³/mol. The van der Waals surface area contributed by atoms with E-state index in [2.05, 4.69) is 67.6 Å². The number of benzene rings is 5. The molecule has 1 heterocycles. The Hall–Kier alpha value is -3.92. The van der Waals surface area contributed by atoms with Crippen molar-refractivity contribution >= 4 is 38.9 Å². The third-order valence-corrected chi connectivity index (χ3v) is 5.72. The summed E-state index contributed by atoms with van der Waals surface area (Å²) in [4.78, 5) is 19.8. The number of aromatic hydroxyl groups is 1.